The van der Waals surface area contributed by atoms with E-state index >= 15 is 0 Å². The summed E-state index contributed by atoms with van der Waals surface area (Å²) in [5, 5.41) is 3.99. The molecule has 0 aromatic heterocycles. The minimum Gasteiger partial charge on any atom is -0.357 e. The molecule has 0 saturated heterocycles. The van der Waals surface area contributed by atoms with Crippen molar-refractivity contribution in [1.29, 1.82) is 0 Å². The van der Waals surface area contributed by atoms with Gasteiger partial charge in [-0.05, 0) is 23.8 Å². The van der Waals surface area contributed by atoms with Crippen molar-refractivity contribution in [2.24, 2.45) is 5.92 Å². The van der Waals surface area contributed by atoms with Crippen molar-refractivity contribution in [3.05, 3.63) is 88.6 Å². The third-order valence-electron chi connectivity index (χ3n) is 4.31. The average Bonchev–Trinajstić information content (AvgIpc) is 2.84. The molecule has 0 amide bonds. The molecule has 0 radical (unpaired) electrons. The molecule has 3 heteroatoms. The van der Waals surface area contributed by atoms with Crippen LogP contribution in [0.4, 0.5) is 5.69 Å². The molecule has 4 rings (SSSR count). The zero-order valence-electron chi connectivity index (χ0n) is 11.8. The Balaban J connectivity index is 1.72. The SMILES string of the molecule is O=C1c2ccccc2C2C=CC=C(Nc3ccccc3Cl)C12. The van der Waals surface area contributed by atoms with Gasteiger partial charge in [0.1, 0.15) is 0 Å². The van der Waals surface area contributed by atoms with Gasteiger partial charge in [-0.1, -0.05) is 60.2 Å². The van der Waals surface area contributed by atoms with Crippen LogP contribution in [-0.4, -0.2) is 5.78 Å². The number of hydrogen-bond acceptors (Lipinski definition) is 2. The second-order valence-electron chi connectivity index (χ2n) is 5.57. The van der Waals surface area contributed by atoms with Crippen LogP contribution in [0.15, 0.2) is 72.5 Å². The number of carbonyl (C=O) groups is 1. The molecule has 2 nitrogen and oxygen atoms in total. The summed E-state index contributed by atoms with van der Waals surface area (Å²) >= 11 is 6.22. The maximum atomic E-state index is 12.8. The van der Waals surface area contributed by atoms with Crippen molar-refractivity contribution in [2.45, 2.75) is 5.92 Å². The third-order valence-corrected chi connectivity index (χ3v) is 4.64. The summed E-state index contributed by atoms with van der Waals surface area (Å²) in [6.45, 7) is 0. The molecule has 2 aromatic carbocycles. The highest BCUT2D eigenvalue weighted by molar-refractivity contribution is 6.33. The number of allylic oxidation sites excluding steroid dienone is 4. The summed E-state index contributed by atoms with van der Waals surface area (Å²) in [5.74, 6) is 0.105. The summed E-state index contributed by atoms with van der Waals surface area (Å²) in [7, 11) is 0. The number of nitrogens with one attached hydrogen (secondary N) is 1. The van der Waals surface area contributed by atoms with Crippen LogP contribution in [0.3, 0.4) is 0 Å². The number of benzene rings is 2. The Labute approximate surface area is 134 Å². The van der Waals surface area contributed by atoms with Crippen molar-refractivity contribution in [3.63, 3.8) is 0 Å². The first-order chi connectivity index (χ1) is 10.8. The Morgan fingerprint density at radius 3 is 2.64 bits per heavy atom. The molecule has 0 heterocycles. The van der Waals surface area contributed by atoms with E-state index in [1.54, 1.807) is 0 Å². The Bertz CT molecular complexity index is 822. The summed E-state index contributed by atoms with van der Waals surface area (Å²) < 4.78 is 0. The molecular weight excluding hydrogens is 294 g/mol. The van der Waals surface area contributed by atoms with Crippen LogP contribution in [0, 0.1) is 5.92 Å². The first kappa shape index (κ1) is 13.4. The normalized spacial score (nSPS) is 22.0. The predicted molar refractivity (Wildman–Crippen MR) is 89.3 cm³/mol. The second kappa shape index (κ2) is 5.15. The maximum absolute atomic E-state index is 12.8. The number of ketones is 1. The largest absolute Gasteiger partial charge is 0.357 e. The number of halogens is 1. The van der Waals surface area contributed by atoms with Crippen LogP contribution in [0.1, 0.15) is 21.8 Å². The zero-order valence-corrected chi connectivity index (χ0v) is 12.5. The lowest BCUT2D eigenvalue weighted by Gasteiger charge is -2.24. The van der Waals surface area contributed by atoms with E-state index in [9.17, 15) is 4.79 Å². The first-order valence-electron chi connectivity index (χ1n) is 7.29. The minimum absolute atomic E-state index is 0.110. The molecular formula is C19H14ClNO. The quantitative estimate of drug-likeness (QED) is 0.863. The van der Waals surface area contributed by atoms with Gasteiger partial charge in [-0.3, -0.25) is 4.79 Å². The number of hydrogen-bond donors (Lipinski definition) is 1. The van der Waals surface area contributed by atoms with Crippen molar-refractivity contribution < 1.29 is 4.79 Å². The molecule has 0 aliphatic heterocycles. The number of Topliss-reactive ketones (excluding diaryl/α,β-unsaturated/α-hetero) is 1. The first-order valence-corrected chi connectivity index (χ1v) is 7.66. The van der Waals surface area contributed by atoms with Crippen molar-refractivity contribution in [3.8, 4) is 0 Å². The van der Waals surface area contributed by atoms with E-state index in [4.69, 9.17) is 11.6 Å². The lowest BCUT2D eigenvalue weighted by Crippen LogP contribution is -2.22. The van der Waals surface area contributed by atoms with Gasteiger partial charge >= 0.3 is 0 Å². The molecule has 108 valence electrons. The fourth-order valence-electron chi connectivity index (χ4n) is 3.29. The van der Waals surface area contributed by atoms with Crippen LogP contribution in [-0.2, 0) is 0 Å². The van der Waals surface area contributed by atoms with E-state index in [0.717, 1.165) is 22.5 Å². The molecule has 2 unspecified atom stereocenters. The molecule has 22 heavy (non-hydrogen) atoms. The van der Waals surface area contributed by atoms with Gasteiger partial charge < -0.3 is 5.32 Å². The van der Waals surface area contributed by atoms with E-state index in [0.29, 0.717) is 5.02 Å². The summed E-state index contributed by atoms with van der Waals surface area (Å²) in [4.78, 5) is 12.8. The molecule has 2 aliphatic rings. The zero-order chi connectivity index (χ0) is 15.1. The summed E-state index contributed by atoms with van der Waals surface area (Å²) in [6, 6.07) is 15.4. The topological polar surface area (TPSA) is 29.1 Å². The standard InChI is InChI=1S/C19H14ClNO/c20-15-9-3-4-10-16(15)21-17-11-5-8-13-12-6-1-2-7-14(12)19(22)18(13)17/h1-11,13,18,21H. The van der Waals surface area contributed by atoms with E-state index in [1.807, 2.05) is 60.7 Å². The van der Waals surface area contributed by atoms with Crippen LogP contribution >= 0.6 is 11.6 Å². The Hall–Kier alpha value is -2.32. The number of fused-ring (bicyclic) bond motifs is 3. The number of carbonyl (C=O) groups excluding carboxylic acids is 1. The second-order valence-corrected chi connectivity index (χ2v) is 5.97. The average molecular weight is 308 g/mol. The van der Waals surface area contributed by atoms with E-state index in [2.05, 4.69) is 11.4 Å². The third kappa shape index (κ3) is 1.99. The van der Waals surface area contributed by atoms with Gasteiger partial charge in [0, 0.05) is 17.2 Å². The molecule has 2 aliphatic carbocycles. The van der Waals surface area contributed by atoms with Crippen LogP contribution in [0.2, 0.25) is 5.02 Å². The monoisotopic (exact) mass is 307 g/mol. The van der Waals surface area contributed by atoms with Gasteiger partial charge in [-0.15, -0.1) is 0 Å². The minimum atomic E-state index is -0.182. The molecule has 1 N–H and O–H groups in total. The Morgan fingerprint density at radius 1 is 1.00 bits per heavy atom. The van der Waals surface area contributed by atoms with Gasteiger partial charge in [0.25, 0.3) is 0 Å². The van der Waals surface area contributed by atoms with E-state index < -0.39 is 0 Å². The maximum Gasteiger partial charge on any atom is 0.173 e. The number of rotatable bonds is 2. The number of anilines is 1. The Kier molecular flexibility index (Phi) is 3.12. The highest BCUT2D eigenvalue weighted by Gasteiger charge is 2.41. The molecule has 0 spiro atoms. The molecule has 0 saturated carbocycles. The summed E-state index contributed by atoms with van der Waals surface area (Å²) in [5.41, 5.74) is 3.67. The molecule has 0 bridgehead atoms. The van der Waals surface area contributed by atoms with Crippen LogP contribution in [0.25, 0.3) is 0 Å². The van der Waals surface area contributed by atoms with Crippen LogP contribution < -0.4 is 5.32 Å². The van der Waals surface area contributed by atoms with Crippen molar-refractivity contribution in [2.75, 3.05) is 5.32 Å². The fourth-order valence-corrected chi connectivity index (χ4v) is 3.47. The van der Waals surface area contributed by atoms with Gasteiger partial charge in [0.05, 0.1) is 16.6 Å². The molecule has 2 aromatic rings. The van der Waals surface area contributed by atoms with Gasteiger partial charge in [-0.25, -0.2) is 0 Å². The highest BCUT2D eigenvalue weighted by atomic mass is 35.5. The lowest BCUT2D eigenvalue weighted by atomic mass is 9.85. The molecule has 0 fully saturated rings. The predicted octanol–water partition coefficient (Wildman–Crippen LogP) is 4.80. The molecule has 2 atom stereocenters. The van der Waals surface area contributed by atoms with Crippen LogP contribution in [0.5, 0.6) is 0 Å². The van der Waals surface area contributed by atoms with E-state index in [1.165, 1.54) is 0 Å². The van der Waals surface area contributed by atoms with Gasteiger partial charge in [0.15, 0.2) is 5.78 Å². The van der Waals surface area contributed by atoms with Crippen molar-refractivity contribution in [1.82, 2.24) is 0 Å². The van der Waals surface area contributed by atoms with Gasteiger partial charge in [0.2, 0.25) is 0 Å². The van der Waals surface area contributed by atoms with E-state index in [-0.39, 0.29) is 17.6 Å². The lowest BCUT2D eigenvalue weighted by molar-refractivity contribution is 0.0949. The smallest absolute Gasteiger partial charge is 0.173 e. The van der Waals surface area contributed by atoms with Crippen molar-refractivity contribution >= 4 is 23.1 Å². The number of para-hydroxylation sites is 1. The highest BCUT2D eigenvalue weighted by Crippen LogP contribution is 2.44. The van der Waals surface area contributed by atoms with Gasteiger partial charge in [-0.2, -0.15) is 0 Å². The fraction of sp³-hybridized carbons (Fsp3) is 0.105. The summed E-state index contributed by atoms with van der Waals surface area (Å²) in [6.07, 6.45) is 6.08. The Morgan fingerprint density at radius 2 is 1.77 bits per heavy atom.